The first-order chi connectivity index (χ1) is 20.1. The molecule has 0 saturated heterocycles. The Kier molecular flexibility index (Phi) is 7.61. The second kappa shape index (κ2) is 11.5. The van der Waals surface area contributed by atoms with Gasteiger partial charge in [0.2, 0.25) is 5.91 Å². The summed E-state index contributed by atoms with van der Waals surface area (Å²) in [5.41, 5.74) is 3.18. The number of hydrogen-bond donors (Lipinski definition) is 3. The highest BCUT2D eigenvalue weighted by atomic mass is 19.3. The standard InChI is InChI=1S/C30H23F2N5O5/c1-3-27(38)35-20-6-4-5-18(11-20)12-26-33-15-22(16-34-26)37-29(40)23-14-21(9-7-17(23)2)36-28(39)19-8-10-24-25(13-19)42-30(31,32)41-24/h3-11,13-16H,1,12H2,2H3,(H,35,38)(H,36,39)(H,37,40). The molecule has 0 unspecified atom stereocenters. The molecule has 5 rings (SSSR count). The van der Waals surface area contributed by atoms with Gasteiger partial charge in [0.15, 0.2) is 11.5 Å². The molecule has 3 amide bonds. The maximum absolute atomic E-state index is 13.3. The fraction of sp³-hybridized carbons (Fsp3) is 0.100. The van der Waals surface area contributed by atoms with E-state index in [1.807, 2.05) is 6.07 Å². The Bertz CT molecular complexity index is 1710. The molecule has 0 atom stereocenters. The quantitative estimate of drug-likeness (QED) is 0.244. The number of ether oxygens (including phenoxy) is 2. The lowest BCUT2D eigenvalue weighted by Gasteiger charge is -2.11. The molecule has 0 saturated carbocycles. The Hall–Kier alpha value is -5.65. The number of fused-ring (bicyclic) bond motifs is 1. The Morgan fingerprint density at radius 3 is 2.33 bits per heavy atom. The zero-order valence-electron chi connectivity index (χ0n) is 22.1. The second-order valence-corrected chi connectivity index (χ2v) is 9.23. The van der Waals surface area contributed by atoms with Crippen LogP contribution in [-0.4, -0.2) is 34.0 Å². The van der Waals surface area contributed by atoms with Gasteiger partial charge in [-0.1, -0.05) is 24.8 Å². The number of nitrogens with one attached hydrogen (secondary N) is 3. The number of halogens is 2. The summed E-state index contributed by atoms with van der Waals surface area (Å²) in [6, 6.07) is 15.7. The van der Waals surface area contributed by atoms with E-state index in [0.717, 1.165) is 11.6 Å². The van der Waals surface area contributed by atoms with E-state index in [-0.39, 0.29) is 23.0 Å². The van der Waals surface area contributed by atoms with E-state index in [2.05, 4.69) is 42.0 Å². The number of nitrogens with zero attached hydrogens (tertiary/aromatic N) is 2. The van der Waals surface area contributed by atoms with E-state index in [9.17, 15) is 23.2 Å². The number of aryl methyl sites for hydroxylation is 1. The Morgan fingerprint density at radius 2 is 1.57 bits per heavy atom. The third kappa shape index (κ3) is 6.55. The van der Waals surface area contributed by atoms with Crippen molar-refractivity contribution >= 4 is 34.8 Å². The summed E-state index contributed by atoms with van der Waals surface area (Å²) in [6.45, 7) is 5.17. The molecule has 42 heavy (non-hydrogen) atoms. The summed E-state index contributed by atoms with van der Waals surface area (Å²) < 4.78 is 35.3. The van der Waals surface area contributed by atoms with E-state index < -0.39 is 18.1 Å². The van der Waals surface area contributed by atoms with Crippen LogP contribution in [0.3, 0.4) is 0 Å². The van der Waals surface area contributed by atoms with Crippen molar-refractivity contribution in [3.63, 3.8) is 0 Å². The van der Waals surface area contributed by atoms with Crippen molar-refractivity contribution in [2.75, 3.05) is 16.0 Å². The predicted octanol–water partition coefficient (Wildman–Crippen LogP) is 5.33. The first kappa shape index (κ1) is 27.9. The zero-order valence-corrected chi connectivity index (χ0v) is 22.1. The van der Waals surface area contributed by atoms with Crippen LogP contribution in [0.15, 0.2) is 85.7 Å². The van der Waals surface area contributed by atoms with Gasteiger partial charge in [-0.15, -0.1) is 8.78 Å². The summed E-state index contributed by atoms with van der Waals surface area (Å²) in [4.78, 5) is 46.0. The summed E-state index contributed by atoms with van der Waals surface area (Å²) in [7, 11) is 0. The molecule has 2 heterocycles. The highest BCUT2D eigenvalue weighted by Crippen LogP contribution is 2.41. The van der Waals surface area contributed by atoms with E-state index in [1.54, 1.807) is 37.3 Å². The average molecular weight is 572 g/mol. The number of aromatic nitrogens is 2. The highest BCUT2D eigenvalue weighted by molar-refractivity contribution is 6.08. The van der Waals surface area contributed by atoms with Crippen molar-refractivity contribution in [3.05, 3.63) is 114 Å². The van der Waals surface area contributed by atoms with Crippen LogP contribution < -0.4 is 25.4 Å². The van der Waals surface area contributed by atoms with Crippen LogP contribution in [0.5, 0.6) is 11.5 Å². The van der Waals surface area contributed by atoms with E-state index in [0.29, 0.717) is 40.4 Å². The fourth-order valence-electron chi connectivity index (χ4n) is 4.08. The van der Waals surface area contributed by atoms with Gasteiger partial charge in [-0.25, -0.2) is 9.97 Å². The molecule has 0 spiro atoms. The van der Waals surface area contributed by atoms with Gasteiger partial charge in [0, 0.05) is 28.9 Å². The topological polar surface area (TPSA) is 132 Å². The highest BCUT2D eigenvalue weighted by Gasteiger charge is 2.43. The SMILES string of the molecule is C=CC(=O)Nc1cccc(Cc2ncc(NC(=O)c3cc(NC(=O)c4ccc5c(c4)OC(F)(F)O5)ccc3C)cn2)c1. The molecule has 212 valence electrons. The number of benzene rings is 3. The molecule has 1 aromatic heterocycles. The first-order valence-corrected chi connectivity index (χ1v) is 12.5. The molecule has 10 nitrogen and oxygen atoms in total. The van der Waals surface area contributed by atoms with Crippen molar-refractivity contribution in [2.45, 2.75) is 19.6 Å². The zero-order chi connectivity index (χ0) is 29.9. The molecule has 1 aliphatic heterocycles. The van der Waals surface area contributed by atoms with Gasteiger partial charge in [-0.05, 0) is 66.6 Å². The minimum atomic E-state index is -3.79. The fourth-order valence-corrected chi connectivity index (χ4v) is 4.08. The number of carbonyl (C=O) groups excluding carboxylic acids is 3. The van der Waals surface area contributed by atoms with Crippen LogP contribution in [-0.2, 0) is 11.2 Å². The normalized spacial score (nSPS) is 12.7. The Labute approximate surface area is 238 Å². The van der Waals surface area contributed by atoms with Crippen molar-refractivity contribution in [2.24, 2.45) is 0 Å². The molecule has 0 radical (unpaired) electrons. The van der Waals surface area contributed by atoms with Gasteiger partial charge in [-0.3, -0.25) is 14.4 Å². The molecule has 12 heteroatoms. The molecular formula is C30H23F2N5O5. The lowest BCUT2D eigenvalue weighted by molar-refractivity contribution is -0.286. The van der Waals surface area contributed by atoms with Gasteiger partial charge < -0.3 is 25.4 Å². The first-order valence-electron chi connectivity index (χ1n) is 12.5. The van der Waals surface area contributed by atoms with Gasteiger partial charge >= 0.3 is 6.29 Å². The maximum Gasteiger partial charge on any atom is 0.586 e. The van der Waals surface area contributed by atoms with Gasteiger partial charge in [0.25, 0.3) is 11.8 Å². The van der Waals surface area contributed by atoms with Crippen molar-refractivity contribution < 1.29 is 32.6 Å². The van der Waals surface area contributed by atoms with Crippen LogP contribution in [0.4, 0.5) is 25.8 Å². The third-order valence-corrected chi connectivity index (χ3v) is 6.11. The Morgan fingerprint density at radius 1 is 0.857 bits per heavy atom. The van der Waals surface area contributed by atoms with Gasteiger partial charge in [0.05, 0.1) is 18.1 Å². The van der Waals surface area contributed by atoms with Crippen molar-refractivity contribution in [1.29, 1.82) is 0 Å². The summed E-state index contributed by atoms with van der Waals surface area (Å²) in [6.07, 6.45) is 0.755. The van der Waals surface area contributed by atoms with Gasteiger partial charge in [0.1, 0.15) is 5.82 Å². The van der Waals surface area contributed by atoms with E-state index in [4.69, 9.17) is 0 Å². The van der Waals surface area contributed by atoms with Crippen LogP contribution in [0.2, 0.25) is 0 Å². The number of amides is 3. The molecule has 1 aliphatic rings. The summed E-state index contributed by atoms with van der Waals surface area (Å²) in [5, 5.41) is 8.09. The molecule has 3 aromatic carbocycles. The Balaban J connectivity index is 1.22. The summed E-state index contributed by atoms with van der Waals surface area (Å²) in [5.74, 6) is -1.28. The molecular weight excluding hydrogens is 548 g/mol. The smallest absolute Gasteiger partial charge is 0.395 e. The minimum absolute atomic E-state index is 0.0621. The van der Waals surface area contributed by atoms with Gasteiger partial charge in [-0.2, -0.15) is 0 Å². The van der Waals surface area contributed by atoms with Crippen LogP contribution >= 0.6 is 0 Å². The molecule has 3 N–H and O–H groups in total. The van der Waals surface area contributed by atoms with Crippen molar-refractivity contribution in [1.82, 2.24) is 9.97 Å². The maximum atomic E-state index is 13.3. The molecule has 0 aliphatic carbocycles. The van der Waals surface area contributed by atoms with Crippen LogP contribution in [0.25, 0.3) is 0 Å². The average Bonchev–Trinajstić information content (AvgIpc) is 3.28. The number of hydrogen-bond acceptors (Lipinski definition) is 7. The van der Waals surface area contributed by atoms with Crippen molar-refractivity contribution in [3.8, 4) is 11.5 Å². The van der Waals surface area contributed by atoms with E-state index >= 15 is 0 Å². The van der Waals surface area contributed by atoms with E-state index in [1.165, 1.54) is 36.7 Å². The van der Waals surface area contributed by atoms with Crippen LogP contribution in [0, 0.1) is 6.92 Å². The van der Waals surface area contributed by atoms with Crippen LogP contribution in [0.1, 0.15) is 37.7 Å². The lowest BCUT2D eigenvalue weighted by atomic mass is 10.1. The number of carbonyl (C=O) groups is 3. The third-order valence-electron chi connectivity index (χ3n) is 6.11. The summed E-state index contributed by atoms with van der Waals surface area (Å²) >= 11 is 0. The lowest BCUT2D eigenvalue weighted by Crippen LogP contribution is -2.25. The number of anilines is 3. The number of rotatable bonds is 8. The molecule has 4 aromatic rings. The molecule has 0 fully saturated rings. The largest absolute Gasteiger partial charge is 0.586 e. The molecule has 0 bridgehead atoms. The predicted molar refractivity (Wildman–Crippen MR) is 150 cm³/mol. The second-order valence-electron chi connectivity index (χ2n) is 9.23. The minimum Gasteiger partial charge on any atom is -0.395 e. The monoisotopic (exact) mass is 571 g/mol. The number of alkyl halides is 2.